The lowest BCUT2D eigenvalue weighted by atomic mass is 9.96. The van der Waals surface area contributed by atoms with Crippen molar-refractivity contribution in [1.29, 1.82) is 0 Å². The second kappa shape index (κ2) is 5.50. The van der Waals surface area contributed by atoms with Crippen LogP contribution in [0, 0.1) is 11.7 Å². The van der Waals surface area contributed by atoms with E-state index in [1.807, 2.05) is 0 Å². The van der Waals surface area contributed by atoms with E-state index in [0.29, 0.717) is 29.7 Å². The molecule has 20 heavy (non-hydrogen) atoms. The fourth-order valence-electron chi connectivity index (χ4n) is 2.78. The van der Waals surface area contributed by atoms with Gasteiger partial charge in [-0.05, 0) is 43.5 Å². The summed E-state index contributed by atoms with van der Waals surface area (Å²) in [5.74, 6) is 1.23. The molecule has 1 saturated carbocycles. The van der Waals surface area contributed by atoms with Crippen LogP contribution in [0.4, 0.5) is 4.39 Å². The fraction of sp³-hybridized carbons (Fsp3) is 0.429. The van der Waals surface area contributed by atoms with Gasteiger partial charge in [-0.2, -0.15) is 4.98 Å². The Morgan fingerprint density at radius 1 is 1.40 bits per heavy atom. The van der Waals surface area contributed by atoms with Gasteiger partial charge in [-0.25, -0.2) is 4.39 Å². The highest BCUT2D eigenvalue weighted by atomic mass is 35.5. The third-order valence-electron chi connectivity index (χ3n) is 3.90. The summed E-state index contributed by atoms with van der Waals surface area (Å²) < 4.78 is 18.5. The second-order valence-electron chi connectivity index (χ2n) is 5.12. The van der Waals surface area contributed by atoms with Gasteiger partial charge in [0, 0.05) is 11.5 Å². The monoisotopic (exact) mass is 295 g/mol. The van der Waals surface area contributed by atoms with Crippen molar-refractivity contribution in [2.45, 2.75) is 25.2 Å². The number of hydrogen-bond acceptors (Lipinski definition) is 4. The molecule has 1 fully saturated rings. The first-order valence-corrected chi connectivity index (χ1v) is 7.06. The summed E-state index contributed by atoms with van der Waals surface area (Å²) in [5, 5.41) is 4.01. The number of nitrogens with two attached hydrogens (primary N) is 1. The van der Waals surface area contributed by atoms with Crippen molar-refractivity contribution in [3.63, 3.8) is 0 Å². The molecule has 2 atom stereocenters. The van der Waals surface area contributed by atoms with Crippen LogP contribution in [0.5, 0.6) is 0 Å². The fourth-order valence-corrected chi connectivity index (χ4v) is 2.96. The first kappa shape index (κ1) is 13.5. The molecule has 1 aromatic heterocycles. The van der Waals surface area contributed by atoms with Crippen molar-refractivity contribution in [2.24, 2.45) is 11.7 Å². The van der Waals surface area contributed by atoms with Crippen molar-refractivity contribution in [1.82, 2.24) is 10.1 Å². The molecule has 0 spiro atoms. The van der Waals surface area contributed by atoms with E-state index in [2.05, 4.69) is 10.1 Å². The third-order valence-corrected chi connectivity index (χ3v) is 4.19. The number of hydrogen-bond donors (Lipinski definition) is 1. The highest BCUT2D eigenvalue weighted by molar-refractivity contribution is 6.31. The van der Waals surface area contributed by atoms with Gasteiger partial charge in [0.05, 0.1) is 5.02 Å². The summed E-state index contributed by atoms with van der Waals surface area (Å²) >= 11 is 5.77. The van der Waals surface area contributed by atoms with Crippen molar-refractivity contribution in [3.05, 3.63) is 34.9 Å². The minimum Gasteiger partial charge on any atom is -0.339 e. The van der Waals surface area contributed by atoms with Gasteiger partial charge in [0.1, 0.15) is 5.82 Å². The molecule has 0 saturated heterocycles. The Balaban J connectivity index is 1.88. The number of aromatic nitrogens is 2. The number of nitrogens with zero attached hydrogens (tertiary/aromatic N) is 2. The van der Waals surface area contributed by atoms with Gasteiger partial charge < -0.3 is 10.3 Å². The van der Waals surface area contributed by atoms with Gasteiger partial charge in [-0.15, -0.1) is 0 Å². The van der Waals surface area contributed by atoms with E-state index < -0.39 is 5.82 Å². The van der Waals surface area contributed by atoms with Gasteiger partial charge in [0.25, 0.3) is 0 Å². The van der Waals surface area contributed by atoms with Crippen molar-refractivity contribution in [3.8, 4) is 11.4 Å². The van der Waals surface area contributed by atoms with E-state index in [1.165, 1.54) is 12.1 Å². The van der Waals surface area contributed by atoms with Gasteiger partial charge in [0.15, 0.2) is 0 Å². The summed E-state index contributed by atoms with van der Waals surface area (Å²) in [5.41, 5.74) is 6.41. The van der Waals surface area contributed by atoms with Crippen molar-refractivity contribution in [2.75, 3.05) is 6.54 Å². The van der Waals surface area contributed by atoms with Crippen LogP contribution in [0.1, 0.15) is 31.1 Å². The molecule has 6 heteroatoms. The van der Waals surface area contributed by atoms with E-state index >= 15 is 0 Å². The molecular weight excluding hydrogens is 281 g/mol. The zero-order chi connectivity index (χ0) is 14.1. The maximum atomic E-state index is 13.2. The average molecular weight is 296 g/mol. The predicted molar refractivity (Wildman–Crippen MR) is 73.8 cm³/mol. The highest BCUT2D eigenvalue weighted by Crippen LogP contribution is 2.38. The largest absolute Gasteiger partial charge is 0.339 e. The third kappa shape index (κ3) is 2.43. The molecule has 3 rings (SSSR count). The summed E-state index contributed by atoms with van der Waals surface area (Å²) in [4.78, 5) is 4.42. The number of benzene rings is 1. The second-order valence-corrected chi connectivity index (χ2v) is 5.53. The minimum atomic E-state index is -0.460. The minimum absolute atomic E-state index is 0.0505. The maximum Gasteiger partial charge on any atom is 0.230 e. The molecule has 1 aliphatic carbocycles. The summed E-state index contributed by atoms with van der Waals surface area (Å²) in [7, 11) is 0. The van der Waals surface area contributed by atoms with Crippen LogP contribution in [0.3, 0.4) is 0 Å². The van der Waals surface area contributed by atoms with E-state index in [4.69, 9.17) is 21.9 Å². The molecule has 0 amide bonds. The van der Waals surface area contributed by atoms with Gasteiger partial charge >= 0.3 is 0 Å². The van der Waals surface area contributed by atoms with Crippen LogP contribution >= 0.6 is 11.6 Å². The molecule has 1 heterocycles. The normalized spacial score (nSPS) is 22.4. The quantitative estimate of drug-likeness (QED) is 0.943. The molecule has 4 nitrogen and oxygen atoms in total. The first-order valence-electron chi connectivity index (χ1n) is 6.68. The Bertz CT molecular complexity index is 616. The van der Waals surface area contributed by atoms with Crippen molar-refractivity contribution >= 4 is 11.6 Å². The standard InChI is InChI=1S/C14H15ClFN3O/c15-11-6-8(4-5-12(11)16)13-18-14(20-19-13)10-3-1-2-9(10)7-17/h4-6,9-10H,1-3,7,17H2. The molecule has 1 aromatic carbocycles. The predicted octanol–water partition coefficient (Wildman–Crippen LogP) is 3.37. The van der Waals surface area contributed by atoms with Crippen LogP contribution in [0.25, 0.3) is 11.4 Å². The molecule has 2 N–H and O–H groups in total. The Morgan fingerprint density at radius 2 is 2.25 bits per heavy atom. The molecule has 106 valence electrons. The zero-order valence-corrected chi connectivity index (χ0v) is 11.6. The Labute approximate surface area is 121 Å². The molecular formula is C14H15ClFN3O. The van der Waals surface area contributed by atoms with Crippen LogP contribution in [-0.2, 0) is 0 Å². The smallest absolute Gasteiger partial charge is 0.230 e. The van der Waals surface area contributed by atoms with Crippen molar-refractivity contribution < 1.29 is 8.91 Å². The Morgan fingerprint density at radius 3 is 3.00 bits per heavy atom. The van der Waals surface area contributed by atoms with E-state index in [1.54, 1.807) is 6.07 Å². The van der Waals surface area contributed by atoms with Crippen LogP contribution < -0.4 is 5.73 Å². The van der Waals surface area contributed by atoms with E-state index in [9.17, 15) is 4.39 Å². The lowest BCUT2D eigenvalue weighted by Crippen LogP contribution is -2.17. The van der Waals surface area contributed by atoms with Gasteiger partial charge in [0.2, 0.25) is 11.7 Å². The Kier molecular flexibility index (Phi) is 3.72. The molecule has 2 aromatic rings. The average Bonchev–Trinajstić information content (AvgIpc) is 3.09. The van der Waals surface area contributed by atoms with Crippen LogP contribution in [0.15, 0.2) is 22.7 Å². The summed E-state index contributed by atoms with van der Waals surface area (Å²) in [6.07, 6.45) is 3.25. The van der Waals surface area contributed by atoms with E-state index in [-0.39, 0.29) is 10.9 Å². The summed E-state index contributed by atoms with van der Waals surface area (Å²) in [6, 6.07) is 4.39. The van der Waals surface area contributed by atoms with Crippen LogP contribution in [0.2, 0.25) is 5.02 Å². The first-order chi connectivity index (χ1) is 9.69. The number of halogens is 2. The molecule has 0 radical (unpaired) electrons. The summed E-state index contributed by atoms with van der Waals surface area (Å²) in [6.45, 7) is 0.630. The SMILES string of the molecule is NCC1CCCC1c1nc(-c2ccc(F)c(Cl)c2)no1. The molecule has 0 bridgehead atoms. The lowest BCUT2D eigenvalue weighted by Gasteiger charge is -2.12. The van der Waals surface area contributed by atoms with Gasteiger partial charge in [-0.3, -0.25) is 0 Å². The highest BCUT2D eigenvalue weighted by Gasteiger charge is 2.32. The van der Waals surface area contributed by atoms with E-state index in [0.717, 1.165) is 19.3 Å². The molecule has 1 aliphatic rings. The lowest BCUT2D eigenvalue weighted by molar-refractivity contribution is 0.326. The maximum absolute atomic E-state index is 13.2. The van der Waals surface area contributed by atoms with Crippen LogP contribution in [-0.4, -0.2) is 16.7 Å². The molecule has 0 aliphatic heterocycles. The zero-order valence-electron chi connectivity index (χ0n) is 10.9. The topological polar surface area (TPSA) is 64.9 Å². The Hall–Kier alpha value is -1.46. The van der Waals surface area contributed by atoms with Gasteiger partial charge in [-0.1, -0.05) is 23.2 Å². The molecule has 2 unspecified atom stereocenters. The number of rotatable bonds is 3.